The van der Waals surface area contributed by atoms with Crippen LogP contribution in [-0.4, -0.2) is 25.3 Å². The van der Waals surface area contributed by atoms with Crippen LogP contribution < -0.4 is 5.73 Å². The number of hydrogen-bond acceptors (Lipinski definition) is 3. The van der Waals surface area contributed by atoms with Crippen molar-refractivity contribution in [2.75, 3.05) is 12.3 Å². The van der Waals surface area contributed by atoms with Crippen molar-refractivity contribution in [3.63, 3.8) is 0 Å². The van der Waals surface area contributed by atoms with Crippen molar-refractivity contribution in [3.05, 3.63) is 23.3 Å². The molecule has 0 atom stereocenters. The fourth-order valence-corrected chi connectivity index (χ4v) is 4.52. The maximum Gasteiger partial charge on any atom is 0.245 e. The zero-order chi connectivity index (χ0) is 16.2. The zero-order valence-corrected chi connectivity index (χ0v) is 14.6. The fourth-order valence-electron chi connectivity index (χ4n) is 2.44. The van der Waals surface area contributed by atoms with Gasteiger partial charge in [0.2, 0.25) is 10.0 Å². The average Bonchev–Trinajstić information content (AvgIpc) is 2.38. The number of sulfonamides is 1. The summed E-state index contributed by atoms with van der Waals surface area (Å²) in [5, 5.41) is 0. The van der Waals surface area contributed by atoms with Gasteiger partial charge < -0.3 is 5.73 Å². The quantitative estimate of drug-likeness (QED) is 0.619. The predicted octanol–water partition coefficient (Wildman–Crippen LogP) is 3.47. The van der Waals surface area contributed by atoms with Gasteiger partial charge >= 0.3 is 0 Å². The van der Waals surface area contributed by atoms with Crippen LogP contribution in [0.25, 0.3) is 0 Å². The molecule has 0 aromatic heterocycles. The number of nitrogens with two attached hydrogens (primary N) is 1. The summed E-state index contributed by atoms with van der Waals surface area (Å²) in [7, 11) is -3.56. The first-order valence-corrected chi connectivity index (χ1v) is 9.05. The molecule has 1 rings (SSSR count). The number of nitrogens with zero attached hydrogens (tertiary/aromatic N) is 1. The lowest BCUT2D eigenvalue weighted by molar-refractivity contribution is 0.345. The zero-order valence-electron chi connectivity index (χ0n) is 13.8. The molecule has 1 aromatic rings. The van der Waals surface area contributed by atoms with E-state index < -0.39 is 10.0 Å². The van der Waals surface area contributed by atoms with Crippen LogP contribution in [0.2, 0.25) is 0 Å². The Hall–Kier alpha value is -1.07. The maximum atomic E-state index is 13.0. The Kier molecular flexibility index (Phi) is 6.23. The van der Waals surface area contributed by atoms with E-state index in [1.807, 2.05) is 33.8 Å². The molecule has 120 valence electrons. The SMILES string of the molecule is CCCCCN(C(C)C)S(=O)(=O)c1c(N)ccc(C)c1C. The van der Waals surface area contributed by atoms with E-state index in [9.17, 15) is 8.42 Å². The Morgan fingerprint density at radius 2 is 1.81 bits per heavy atom. The number of unbranched alkanes of at least 4 members (excludes halogenated alkanes) is 2. The van der Waals surface area contributed by atoms with Crippen molar-refractivity contribution in [1.82, 2.24) is 4.31 Å². The molecule has 0 fully saturated rings. The third kappa shape index (κ3) is 3.98. The van der Waals surface area contributed by atoms with Crippen molar-refractivity contribution in [2.24, 2.45) is 0 Å². The molecule has 0 unspecified atom stereocenters. The molecule has 0 aliphatic heterocycles. The molecule has 5 heteroatoms. The van der Waals surface area contributed by atoms with E-state index in [0.717, 1.165) is 30.4 Å². The fraction of sp³-hybridized carbons (Fsp3) is 0.625. The largest absolute Gasteiger partial charge is 0.398 e. The second-order valence-electron chi connectivity index (χ2n) is 5.84. The second-order valence-corrected chi connectivity index (χ2v) is 7.67. The van der Waals surface area contributed by atoms with Crippen LogP contribution in [0, 0.1) is 13.8 Å². The standard InChI is InChI=1S/C16H28N2O2S/c1-6-7-8-11-18(12(2)3)21(19,20)16-14(5)13(4)9-10-15(16)17/h9-10,12H,6-8,11,17H2,1-5H3. The van der Waals surface area contributed by atoms with E-state index in [1.165, 1.54) is 0 Å². The van der Waals surface area contributed by atoms with Gasteiger partial charge in [-0.3, -0.25) is 0 Å². The lowest BCUT2D eigenvalue weighted by Crippen LogP contribution is -2.38. The molecule has 2 N–H and O–H groups in total. The number of rotatable bonds is 7. The summed E-state index contributed by atoms with van der Waals surface area (Å²) in [4.78, 5) is 0.271. The lowest BCUT2D eigenvalue weighted by atomic mass is 10.1. The number of anilines is 1. The molecule has 1 aromatic carbocycles. The Bertz CT molecular complexity index is 580. The van der Waals surface area contributed by atoms with E-state index in [1.54, 1.807) is 10.4 Å². The molecule has 0 bridgehead atoms. The van der Waals surface area contributed by atoms with Gasteiger partial charge in [-0.1, -0.05) is 25.8 Å². The van der Waals surface area contributed by atoms with Gasteiger partial charge in [0, 0.05) is 12.6 Å². The molecule has 0 aliphatic rings. The van der Waals surface area contributed by atoms with Crippen molar-refractivity contribution in [1.29, 1.82) is 0 Å². The predicted molar refractivity (Wildman–Crippen MR) is 88.9 cm³/mol. The van der Waals surface area contributed by atoms with Crippen LogP contribution >= 0.6 is 0 Å². The minimum Gasteiger partial charge on any atom is -0.398 e. The average molecular weight is 312 g/mol. The smallest absolute Gasteiger partial charge is 0.245 e. The van der Waals surface area contributed by atoms with Gasteiger partial charge in [-0.15, -0.1) is 0 Å². The highest BCUT2D eigenvalue weighted by atomic mass is 32.2. The minimum absolute atomic E-state index is 0.0776. The number of hydrogen-bond donors (Lipinski definition) is 1. The topological polar surface area (TPSA) is 63.4 Å². The molecule has 4 nitrogen and oxygen atoms in total. The molecule has 0 heterocycles. The normalized spacial score (nSPS) is 12.3. The molecule has 0 radical (unpaired) electrons. The van der Waals surface area contributed by atoms with Crippen molar-refractivity contribution in [3.8, 4) is 0 Å². The van der Waals surface area contributed by atoms with Crippen LogP contribution in [0.3, 0.4) is 0 Å². The summed E-state index contributed by atoms with van der Waals surface area (Å²) in [6.45, 7) is 10.2. The van der Waals surface area contributed by atoms with Crippen LogP contribution in [0.15, 0.2) is 17.0 Å². The molecule has 0 saturated carbocycles. The first-order chi connectivity index (χ1) is 9.73. The van der Waals surface area contributed by atoms with Crippen LogP contribution in [-0.2, 0) is 10.0 Å². The van der Waals surface area contributed by atoms with Crippen molar-refractivity contribution < 1.29 is 8.42 Å². The maximum absolute atomic E-state index is 13.0. The summed E-state index contributed by atoms with van der Waals surface area (Å²) in [5.74, 6) is 0. The van der Waals surface area contributed by atoms with E-state index in [0.29, 0.717) is 12.2 Å². The summed E-state index contributed by atoms with van der Waals surface area (Å²) in [5.41, 5.74) is 7.99. The van der Waals surface area contributed by atoms with Crippen LogP contribution in [0.4, 0.5) is 5.69 Å². The monoisotopic (exact) mass is 312 g/mol. The third-order valence-corrected chi connectivity index (χ3v) is 6.11. The van der Waals surface area contributed by atoms with E-state index in [2.05, 4.69) is 6.92 Å². The molecule has 0 saturated heterocycles. The first-order valence-electron chi connectivity index (χ1n) is 7.61. The second kappa shape index (κ2) is 7.27. The molecule has 0 spiro atoms. The molecular formula is C16H28N2O2S. The van der Waals surface area contributed by atoms with E-state index >= 15 is 0 Å². The number of benzene rings is 1. The van der Waals surface area contributed by atoms with Gasteiger partial charge in [0.15, 0.2) is 0 Å². The third-order valence-electron chi connectivity index (χ3n) is 3.83. The van der Waals surface area contributed by atoms with Gasteiger partial charge in [0.05, 0.1) is 5.69 Å². The van der Waals surface area contributed by atoms with Crippen molar-refractivity contribution in [2.45, 2.75) is 64.8 Å². The van der Waals surface area contributed by atoms with Crippen molar-refractivity contribution >= 4 is 15.7 Å². The van der Waals surface area contributed by atoms with E-state index in [4.69, 9.17) is 5.73 Å². The molecule has 0 amide bonds. The highest BCUT2D eigenvalue weighted by Gasteiger charge is 2.30. The summed E-state index contributed by atoms with van der Waals surface area (Å²) in [6.07, 6.45) is 2.97. The van der Waals surface area contributed by atoms with Gasteiger partial charge in [0.1, 0.15) is 4.90 Å². The van der Waals surface area contributed by atoms with Gasteiger partial charge in [-0.2, -0.15) is 4.31 Å². The lowest BCUT2D eigenvalue weighted by Gasteiger charge is -2.27. The highest BCUT2D eigenvalue weighted by Crippen LogP contribution is 2.29. The Labute approximate surface area is 129 Å². The van der Waals surface area contributed by atoms with E-state index in [-0.39, 0.29) is 10.9 Å². The summed E-state index contributed by atoms with van der Waals surface area (Å²) >= 11 is 0. The Morgan fingerprint density at radius 3 is 2.33 bits per heavy atom. The molecular weight excluding hydrogens is 284 g/mol. The Morgan fingerprint density at radius 1 is 1.19 bits per heavy atom. The number of aryl methyl sites for hydroxylation is 1. The van der Waals surface area contributed by atoms with Gasteiger partial charge in [0.25, 0.3) is 0 Å². The highest BCUT2D eigenvalue weighted by molar-refractivity contribution is 7.89. The van der Waals surface area contributed by atoms with Crippen LogP contribution in [0.5, 0.6) is 0 Å². The summed E-state index contributed by atoms with van der Waals surface area (Å²) < 4.78 is 27.6. The summed E-state index contributed by atoms with van der Waals surface area (Å²) in [6, 6.07) is 3.46. The van der Waals surface area contributed by atoms with Gasteiger partial charge in [-0.25, -0.2) is 8.42 Å². The molecule has 21 heavy (non-hydrogen) atoms. The Balaban J connectivity index is 3.27. The van der Waals surface area contributed by atoms with Crippen LogP contribution in [0.1, 0.15) is 51.2 Å². The minimum atomic E-state index is -3.56. The number of nitrogen functional groups attached to an aromatic ring is 1. The molecule has 0 aliphatic carbocycles. The first kappa shape index (κ1) is 18.0. The van der Waals surface area contributed by atoms with Gasteiger partial charge in [-0.05, 0) is 51.3 Å².